The van der Waals surface area contributed by atoms with E-state index in [-0.39, 0.29) is 6.03 Å². The molecular formula is C5H13N3O2S. The van der Waals surface area contributed by atoms with Crippen molar-refractivity contribution in [2.75, 3.05) is 25.6 Å². The second-order valence-corrected chi connectivity index (χ2v) is 3.70. The second-order valence-electron chi connectivity index (χ2n) is 2.15. The maximum Gasteiger partial charge on any atom is 0.331 e. The second kappa shape index (κ2) is 5.09. The first-order valence-electron chi connectivity index (χ1n) is 3.09. The van der Waals surface area contributed by atoms with Gasteiger partial charge in [0.15, 0.2) is 0 Å². The van der Waals surface area contributed by atoms with Gasteiger partial charge in [-0.3, -0.25) is 9.63 Å². The quantitative estimate of drug-likeness (QED) is 0.327. The molecule has 11 heavy (non-hydrogen) atoms. The van der Waals surface area contributed by atoms with Crippen molar-refractivity contribution in [2.45, 2.75) is 0 Å². The third kappa shape index (κ3) is 4.74. The molecule has 0 aliphatic heterocycles. The molecule has 6 heteroatoms. The van der Waals surface area contributed by atoms with Crippen LogP contribution < -0.4 is 11.3 Å². The predicted octanol–water partition coefficient (Wildman–Crippen LogP) is -1.12. The molecule has 2 amide bonds. The van der Waals surface area contributed by atoms with Crippen molar-refractivity contribution < 1.29 is 9.00 Å². The van der Waals surface area contributed by atoms with Gasteiger partial charge < -0.3 is 4.90 Å². The number of nitrogens with one attached hydrogen (secondary N) is 1. The number of carbonyl (C=O) groups excluding carboxylic acids is 1. The van der Waals surface area contributed by atoms with E-state index in [4.69, 9.17) is 5.84 Å². The Morgan fingerprint density at radius 2 is 2.27 bits per heavy atom. The summed E-state index contributed by atoms with van der Waals surface area (Å²) in [6.45, 7) is 0.451. The van der Waals surface area contributed by atoms with Crippen LogP contribution in [0.25, 0.3) is 0 Å². The van der Waals surface area contributed by atoms with Gasteiger partial charge in [0.05, 0.1) is 0 Å². The monoisotopic (exact) mass is 179 g/mol. The molecule has 0 bridgehead atoms. The molecule has 0 saturated heterocycles. The number of carbonyl (C=O) groups is 1. The summed E-state index contributed by atoms with van der Waals surface area (Å²) in [4.78, 5) is 12.1. The lowest BCUT2D eigenvalue weighted by molar-refractivity contribution is 0.211. The molecule has 0 heterocycles. The van der Waals surface area contributed by atoms with E-state index < -0.39 is 10.8 Å². The van der Waals surface area contributed by atoms with Crippen molar-refractivity contribution in [1.82, 2.24) is 10.3 Å². The fourth-order valence-electron chi connectivity index (χ4n) is 0.477. The molecule has 66 valence electrons. The Hall–Kier alpha value is -0.620. The van der Waals surface area contributed by atoms with Crippen LogP contribution in [0, 0.1) is 0 Å². The number of amides is 2. The molecule has 0 aliphatic rings. The average Bonchev–Trinajstić information content (AvgIpc) is 1.98. The van der Waals surface area contributed by atoms with E-state index in [1.165, 1.54) is 4.90 Å². The summed E-state index contributed by atoms with van der Waals surface area (Å²) in [5.41, 5.74) is 1.98. The third-order valence-electron chi connectivity index (χ3n) is 1.18. The van der Waals surface area contributed by atoms with Gasteiger partial charge in [-0.25, -0.2) is 10.6 Å². The van der Waals surface area contributed by atoms with Gasteiger partial charge in [-0.15, -0.1) is 0 Å². The highest BCUT2D eigenvalue weighted by atomic mass is 32.2. The van der Waals surface area contributed by atoms with Crippen molar-refractivity contribution >= 4 is 16.8 Å². The summed E-state index contributed by atoms with van der Waals surface area (Å²) in [5.74, 6) is 5.34. The van der Waals surface area contributed by atoms with E-state index >= 15 is 0 Å². The van der Waals surface area contributed by atoms with Crippen LogP contribution in [-0.4, -0.2) is 40.7 Å². The van der Waals surface area contributed by atoms with Crippen molar-refractivity contribution in [3.05, 3.63) is 0 Å². The first-order valence-corrected chi connectivity index (χ1v) is 4.82. The van der Waals surface area contributed by atoms with Crippen molar-refractivity contribution in [3.63, 3.8) is 0 Å². The van der Waals surface area contributed by atoms with Crippen LogP contribution in [0.1, 0.15) is 0 Å². The molecule has 0 aromatic carbocycles. The lowest BCUT2D eigenvalue weighted by atomic mass is 10.6. The van der Waals surface area contributed by atoms with Gasteiger partial charge >= 0.3 is 6.03 Å². The van der Waals surface area contributed by atoms with E-state index in [2.05, 4.69) is 0 Å². The number of hydrazine groups is 1. The molecule has 0 aromatic rings. The SMILES string of the molecule is CN(CCS(C)=O)C(=O)NN. The fraction of sp³-hybridized carbons (Fsp3) is 0.800. The Labute approximate surface area is 68.4 Å². The zero-order chi connectivity index (χ0) is 8.85. The van der Waals surface area contributed by atoms with E-state index in [1.54, 1.807) is 13.3 Å². The summed E-state index contributed by atoms with van der Waals surface area (Å²) >= 11 is 0. The number of rotatable bonds is 3. The van der Waals surface area contributed by atoms with E-state index in [1.807, 2.05) is 5.43 Å². The van der Waals surface area contributed by atoms with Crippen LogP contribution in [0.5, 0.6) is 0 Å². The molecule has 1 atom stereocenters. The van der Waals surface area contributed by atoms with E-state index in [0.29, 0.717) is 12.3 Å². The molecule has 0 saturated carbocycles. The lowest BCUT2D eigenvalue weighted by Gasteiger charge is -2.14. The van der Waals surface area contributed by atoms with Gasteiger partial charge in [0.2, 0.25) is 0 Å². The average molecular weight is 179 g/mol. The fourth-order valence-corrected chi connectivity index (χ4v) is 1.01. The smallest absolute Gasteiger partial charge is 0.326 e. The summed E-state index contributed by atoms with van der Waals surface area (Å²) in [7, 11) is 0.725. The summed E-state index contributed by atoms with van der Waals surface area (Å²) in [5, 5.41) is 0. The topological polar surface area (TPSA) is 75.4 Å². The first-order chi connectivity index (χ1) is 5.07. The molecule has 0 spiro atoms. The Balaban J connectivity index is 3.60. The molecule has 1 unspecified atom stereocenters. The molecular weight excluding hydrogens is 166 g/mol. The van der Waals surface area contributed by atoms with Crippen LogP contribution in [0.3, 0.4) is 0 Å². The van der Waals surface area contributed by atoms with Gasteiger partial charge in [0, 0.05) is 36.4 Å². The highest BCUT2D eigenvalue weighted by Crippen LogP contribution is 1.83. The number of urea groups is 1. The van der Waals surface area contributed by atoms with Gasteiger partial charge in [0.25, 0.3) is 0 Å². The molecule has 0 aliphatic carbocycles. The van der Waals surface area contributed by atoms with Crippen molar-refractivity contribution in [3.8, 4) is 0 Å². The predicted molar refractivity (Wildman–Crippen MR) is 44.3 cm³/mol. The van der Waals surface area contributed by atoms with Crippen LogP contribution >= 0.6 is 0 Å². The highest BCUT2D eigenvalue weighted by molar-refractivity contribution is 7.84. The lowest BCUT2D eigenvalue weighted by Crippen LogP contribution is -2.42. The van der Waals surface area contributed by atoms with Crippen LogP contribution in [-0.2, 0) is 10.8 Å². The minimum Gasteiger partial charge on any atom is -0.326 e. The number of hydrogen-bond acceptors (Lipinski definition) is 3. The standard InChI is InChI=1S/C5H13N3O2S/c1-8(5(9)7-6)3-4-11(2)10/h3-4,6H2,1-2H3,(H,7,9). The summed E-state index contributed by atoms with van der Waals surface area (Å²) in [6, 6.07) is -0.365. The van der Waals surface area contributed by atoms with Crippen LogP contribution in [0.2, 0.25) is 0 Å². The Kier molecular flexibility index (Phi) is 4.80. The molecule has 5 nitrogen and oxygen atoms in total. The van der Waals surface area contributed by atoms with E-state index in [0.717, 1.165) is 0 Å². The largest absolute Gasteiger partial charge is 0.331 e. The molecule has 0 fully saturated rings. The number of nitrogens with zero attached hydrogens (tertiary/aromatic N) is 1. The minimum atomic E-state index is -0.867. The third-order valence-corrected chi connectivity index (χ3v) is 1.94. The maximum atomic E-state index is 10.7. The Bertz CT molecular complexity index is 162. The van der Waals surface area contributed by atoms with Crippen molar-refractivity contribution in [1.29, 1.82) is 0 Å². The van der Waals surface area contributed by atoms with Gasteiger partial charge in [0.1, 0.15) is 0 Å². The number of nitrogens with two attached hydrogens (primary N) is 1. The number of hydrogen-bond donors (Lipinski definition) is 2. The molecule has 0 aromatic heterocycles. The summed E-state index contributed by atoms with van der Waals surface area (Å²) in [6.07, 6.45) is 1.59. The van der Waals surface area contributed by atoms with E-state index in [9.17, 15) is 9.00 Å². The Morgan fingerprint density at radius 3 is 2.64 bits per heavy atom. The van der Waals surface area contributed by atoms with Crippen molar-refractivity contribution in [2.24, 2.45) is 5.84 Å². The first kappa shape index (κ1) is 10.4. The van der Waals surface area contributed by atoms with Gasteiger partial charge in [-0.1, -0.05) is 0 Å². The van der Waals surface area contributed by atoms with Crippen LogP contribution in [0.15, 0.2) is 0 Å². The summed E-state index contributed by atoms with van der Waals surface area (Å²) < 4.78 is 10.6. The highest BCUT2D eigenvalue weighted by Gasteiger charge is 2.05. The minimum absolute atomic E-state index is 0.365. The van der Waals surface area contributed by atoms with Crippen LogP contribution in [0.4, 0.5) is 4.79 Å². The molecule has 3 N–H and O–H groups in total. The zero-order valence-corrected chi connectivity index (χ0v) is 7.48. The van der Waals surface area contributed by atoms with Gasteiger partial charge in [-0.2, -0.15) is 0 Å². The zero-order valence-electron chi connectivity index (χ0n) is 6.66. The normalized spacial score (nSPS) is 12.3. The van der Waals surface area contributed by atoms with Gasteiger partial charge in [-0.05, 0) is 0 Å². The molecule has 0 rings (SSSR count). The molecule has 0 radical (unpaired) electrons. The maximum absolute atomic E-state index is 10.7. The Morgan fingerprint density at radius 1 is 1.73 bits per heavy atom.